The molecule has 0 saturated heterocycles. The predicted molar refractivity (Wildman–Crippen MR) is 91.2 cm³/mol. The third-order valence-corrected chi connectivity index (χ3v) is 4.60. The van der Waals surface area contributed by atoms with E-state index in [0.29, 0.717) is 22.5 Å². The van der Waals surface area contributed by atoms with Crippen LogP contribution in [-0.2, 0) is 0 Å². The fourth-order valence-electron chi connectivity index (χ4n) is 1.45. The molecular formula is C13H24N4O2S2. The molecule has 6 nitrogen and oxygen atoms in total. The molecule has 0 atom stereocenters. The Bertz CT molecular complexity index is 438. The number of anilines is 2. The molecular weight excluding hydrogens is 308 g/mol. The number of nitrogens with zero attached hydrogens (tertiary/aromatic N) is 1. The number of rotatable bonds is 10. The number of carbonyl (C=O) groups is 1. The molecule has 0 aliphatic rings. The number of aliphatic hydroxyl groups excluding tert-OH is 1. The molecule has 0 radical (unpaired) electrons. The lowest BCUT2D eigenvalue weighted by Crippen LogP contribution is -2.25. The summed E-state index contributed by atoms with van der Waals surface area (Å²) >= 11 is 2.99. The summed E-state index contributed by atoms with van der Waals surface area (Å²) in [5, 5.41) is 15.4. The largest absolute Gasteiger partial charge is 0.396 e. The summed E-state index contributed by atoms with van der Waals surface area (Å²) in [6, 6.07) is 0. The average molecular weight is 332 g/mol. The maximum atomic E-state index is 12.0. The Hall–Kier alpha value is -0.990. The quantitative estimate of drug-likeness (QED) is 0.486. The second-order valence-electron chi connectivity index (χ2n) is 4.95. The van der Waals surface area contributed by atoms with E-state index in [9.17, 15) is 4.79 Å². The van der Waals surface area contributed by atoms with Gasteiger partial charge in [0.25, 0.3) is 5.91 Å². The summed E-state index contributed by atoms with van der Waals surface area (Å²) < 4.78 is 0. The summed E-state index contributed by atoms with van der Waals surface area (Å²) in [7, 11) is 0. The van der Waals surface area contributed by atoms with Crippen molar-refractivity contribution >= 4 is 40.0 Å². The standard InChI is InChI=1S/C13H24N4O2S2/c1-9(2)8-16-13-17-11(14)10(21-13)12(19)15-4-7-20-6-3-5-18/h9,18H,3-8,14H2,1-2H3,(H,15,19)(H,16,17). The molecule has 0 saturated carbocycles. The zero-order valence-corrected chi connectivity index (χ0v) is 14.1. The molecule has 5 N–H and O–H groups in total. The van der Waals surface area contributed by atoms with Crippen LogP contribution >= 0.6 is 23.1 Å². The molecule has 120 valence electrons. The molecule has 1 aromatic rings. The molecule has 0 fully saturated rings. The molecule has 8 heteroatoms. The molecule has 0 aromatic carbocycles. The summed E-state index contributed by atoms with van der Waals surface area (Å²) in [4.78, 5) is 16.6. The normalized spacial score (nSPS) is 10.9. The maximum Gasteiger partial charge on any atom is 0.265 e. The van der Waals surface area contributed by atoms with E-state index in [-0.39, 0.29) is 18.3 Å². The number of thiazole rings is 1. The number of thioether (sulfide) groups is 1. The topological polar surface area (TPSA) is 100 Å². The lowest BCUT2D eigenvalue weighted by atomic mass is 10.2. The number of carbonyl (C=O) groups excluding carboxylic acids is 1. The highest BCUT2D eigenvalue weighted by Crippen LogP contribution is 2.24. The summed E-state index contributed by atoms with van der Waals surface area (Å²) in [6.07, 6.45) is 0.783. The van der Waals surface area contributed by atoms with Crippen molar-refractivity contribution in [1.82, 2.24) is 10.3 Å². The molecule has 0 aliphatic heterocycles. The number of hydrogen-bond acceptors (Lipinski definition) is 7. The Morgan fingerprint density at radius 2 is 2.24 bits per heavy atom. The van der Waals surface area contributed by atoms with Crippen LogP contribution in [0.1, 0.15) is 29.9 Å². The van der Waals surface area contributed by atoms with Crippen molar-refractivity contribution in [2.24, 2.45) is 5.92 Å². The average Bonchev–Trinajstić information content (AvgIpc) is 2.81. The molecule has 1 heterocycles. The first-order valence-electron chi connectivity index (χ1n) is 7.01. The number of aliphatic hydroxyl groups is 1. The monoisotopic (exact) mass is 332 g/mol. The van der Waals surface area contributed by atoms with Gasteiger partial charge in [0.1, 0.15) is 10.7 Å². The van der Waals surface area contributed by atoms with Crippen molar-refractivity contribution in [2.45, 2.75) is 20.3 Å². The fourth-order valence-corrected chi connectivity index (χ4v) is 3.04. The first-order valence-corrected chi connectivity index (χ1v) is 8.98. The highest BCUT2D eigenvalue weighted by atomic mass is 32.2. The van der Waals surface area contributed by atoms with E-state index in [4.69, 9.17) is 10.8 Å². The van der Waals surface area contributed by atoms with Crippen molar-refractivity contribution < 1.29 is 9.90 Å². The smallest absolute Gasteiger partial charge is 0.265 e. The molecule has 1 amide bonds. The number of aromatic nitrogens is 1. The highest BCUT2D eigenvalue weighted by molar-refractivity contribution is 7.99. The molecule has 1 aromatic heterocycles. The molecule has 0 bridgehead atoms. The second kappa shape index (κ2) is 9.86. The van der Waals surface area contributed by atoms with Gasteiger partial charge in [-0.05, 0) is 18.1 Å². The third kappa shape index (κ3) is 7.01. The fraction of sp³-hybridized carbons (Fsp3) is 0.692. The van der Waals surface area contributed by atoms with Crippen LogP contribution in [0.5, 0.6) is 0 Å². The van der Waals surface area contributed by atoms with E-state index in [2.05, 4.69) is 29.5 Å². The van der Waals surface area contributed by atoms with E-state index in [0.717, 1.165) is 24.5 Å². The number of amides is 1. The van der Waals surface area contributed by atoms with Gasteiger partial charge in [0, 0.05) is 25.4 Å². The molecule has 1 rings (SSSR count). The summed E-state index contributed by atoms with van der Waals surface area (Å²) in [6.45, 7) is 5.80. The first kappa shape index (κ1) is 18.1. The van der Waals surface area contributed by atoms with Gasteiger partial charge in [-0.15, -0.1) is 0 Å². The van der Waals surface area contributed by atoms with E-state index < -0.39 is 0 Å². The van der Waals surface area contributed by atoms with Gasteiger partial charge in [-0.2, -0.15) is 11.8 Å². The van der Waals surface area contributed by atoms with Crippen molar-refractivity contribution in [3.63, 3.8) is 0 Å². The third-order valence-electron chi connectivity index (χ3n) is 2.50. The van der Waals surface area contributed by atoms with Crippen LogP contribution in [0.15, 0.2) is 0 Å². The van der Waals surface area contributed by atoms with E-state index in [1.165, 1.54) is 11.3 Å². The van der Waals surface area contributed by atoms with Gasteiger partial charge in [0.2, 0.25) is 0 Å². The number of hydrogen-bond donors (Lipinski definition) is 4. The molecule has 0 spiro atoms. The van der Waals surface area contributed by atoms with Gasteiger partial charge in [0.15, 0.2) is 5.13 Å². The van der Waals surface area contributed by atoms with Crippen LogP contribution < -0.4 is 16.4 Å². The molecule has 21 heavy (non-hydrogen) atoms. The van der Waals surface area contributed by atoms with Crippen molar-refractivity contribution in [3.05, 3.63) is 4.88 Å². The van der Waals surface area contributed by atoms with Crippen LogP contribution in [0.3, 0.4) is 0 Å². The molecule has 0 aliphatic carbocycles. The van der Waals surface area contributed by atoms with Gasteiger partial charge < -0.3 is 21.5 Å². The van der Waals surface area contributed by atoms with Gasteiger partial charge in [-0.25, -0.2) is 4.98 Å². The lowest BCUT2D eigenvalue weighted by Gasteiger charge is -2.04. The Labute approximate surface area is 133 Å². The Morgan fingerprint density at radius 1 is 1.48 bits per heavy atom. The minimum absolute atomic E-state index is 0.176. The second-order valence-corrected chi connectivity index (χ2v) is 7.18. The molecule has 0 unspecified atom stereocenters. The number of nitrogen functional groups attached to an aromatic ring is 1. The Balaban J connectivity index is 2.36. The van der Waals surface area contributed by atoms with Crippen molar-refractivity contribution in [3.8, 4) is 0 Å². The van der Waals surface area contributed by atoms with Crippen LogP contribution in [0, 0.1) is 5.92 Å². The number of nitrogens with two attached hydrogens (primary N) is 1. The Morgan fingerprint density at radius 3 is 2.90 bits per heavy atom. The van der Waals surface area contributed by atoms with Gasteiger partial charge in [-0.3, -0.25) is 4.79 Å². The van der Waals surface area contributed by atoms with E-state index >= 15 is 0 Å². The van der Waals surface area contributed by atoms with Gasteiger partial charge in [0.05, 0.1) is 0 Å². The lowest BCUT2D eigenvalue weighted by molar-refractivity contribution is 0.0961. The van der Waals surface area contributed by atoms with Crippen molar-refractivity contribution in [1.29, 1.82) is 0 Å². The van der Waals surface area contributed by atoms with E-state index in [1.807, 2.05) is 0 Å². The maximum absolute atomic E-state index is 12.0. The summed E-state index contributed by atoms with van der Waals surface area (Å²) in [5.74, 6) is 2.33. The minimum Gasteiger partial charge on any atom is -0.396 e. The highest BCUT2D eigenvalue weighted by Gasteiger charge is 2.15. The van der Waals surface area contributed by atoms with Crippen LogP contribution in [-0.4, -0.2) is 47.2 Å². The van der Waals surface area contributed by atoms with E-state index in [1.54, 1.807) is 11.8 Å². The van der Waals surface area contributed by atoms with Crippen LogP contribution in [0.25, 0.3) is 0 Å². The van der Waals surface area contributed by atoms with Crippen LogP contribution in [0.2, 0.25) is 0 Å². The zero-order valence-electron chi connectivity index (χ0n) is 12.5. The SMILES string of the molecule is CC(C)CNc1nc(N)c(C(=O)NCCSCCCO)s1. The van der Waals surface area contributed by atoms with Gasteiger partial charge in [-0.1, -0.05) is 25.2 Å². The number of nitrogens with one attached hydrogen (secondary N) is 2. The minimum atomic E-state index is -0.176. The predicted octanol–water partition coefficient (Wildman–Crippen LogP) is 1.64. The summed E-state index contributed by atoms with van der Waals surface area (Å²) in [5.41, 5.74) is 5.78. The zero-order chi connectivity index (χ0) is 15.7. The van der Waals surface area contributed by atoms with Crippen LogP contribution in [0.4, 0.5) is 10.9 Å². The Kier molecular flexibility index (Phi) is 8.48. The first-order chi connectivity index (χ1) is 10.0. The van der Waals surface area contributed by atoms with Gasteiger partial charge >= 0.3 is 0 Å². The van der Waals surface area contributed by atoms with Crippen molar-refractivity contribution in [2.75, 3.05) is 42.3 Å².